The predicted molar refractivity (Wildman–Crippen MR) is 82.8 cm³/mol. The Morgan fingerprint density at radius 1 is 1.45 bits per heavy atom. The van der Waals surface area contributed by atoms with Crippen molar-refractivity contribution in [1.82, 2.24) is 10.2 Å². The molecule has 0 amide bonds. The normalized spacial score (nSPS) is 18.4. The van der Waals surface area contributed by atoms with Crippen LogP contribution in [0.3, 0.4) is 0 Å². The molecule has 118 valence electrons. The molecule has 4 nitrogen and oxygen atoms in total. The molecule has 0 saturated heterocycles. The number of hydrogen-bond acceptors (Lipinski definition) is 4. The lowest BCUT2D eigenvalue weighted by molar-refractivity contribution is -0.150. The van der Waals surface area contributed by atoms with Gasteiger partial charge in [0.05, 0.1) is 6.61 Å². The smallest absolute Gasteiger partial charge is 0.326 e. The molecular weight excluding hydrogens is 252 g/mol. The zero-order valence-corrected chi connectivity index (χ0v) is 13.9. The predicted octanol–water partition coefficient (Wildman–Crippen LogP) is 2.43. The van der Waals surface area contributed by atoms with Crippen LogP contribution >= 0.6 is 0 Å². The summed E-state index contributed by atoms with van der Waals surface area (Å²) in [7, 11) is 1.84. The monoisotopic (exact) mass is 284 g/mol. The number of esters is 1. The van der Waals surface area contributed by atoms with Crippen molar-refractivity contribution in [2.45, 2.75) is 65.0 Å². The molecule has 1 N–H and O–H groups in total. The fourth-order valence-corrected chi connectivity index (χ4v) is 2.59. The van der Waals surface area contributed by atoms with Crippen LogP contribution in [0.4, 0.5) is 0 Å². The van der Waals surface area contributed by atoms with Crippen LogP contribution in [0.5, 0.6) is 0 Å². The van der Waals surface area contributed by atoms with Crippen LogP contribution in [0.25, 0.3) is 0 Å². The van der Waals surface area contributed by atoms with E-state index >= 15 is 0 Å². The van der Waals surface area contributed by atoms with Gasteiger partial charge < -0.3 is 15.0 Å². The SMILES string of the molecule is CCOC(=O)C(C)(CCCN(CC(C)C)C1CC1)NC. The van der Waals surface area contributed by atoms with Gasteiger partial charge in [0.15, 0.2) is 0 Å². The number of ether oxygens (including phenoxy) is 1. The van der Waals surface area contributed by atoms with Crippen LogP contribution in [0.15, 0.2) is 0 Å². The fourth-order valence-electron chi connectivity index (χ4n) is 2.59. The first-order chi connectivity index (χ1) is 9.42. The number of rotatable bonds is 10. The summed E-state index contributed by atoms with van der Waals surface area (Å²) in [5.41, 5.74) is -0.553. The Morgan fingerprint density at radius 3 is 2.55 bits per heavy atom. The summed E-state index contributed by atoms with van der Waals surface area (Å²) in [6, 6.07) is 0.792. The summed E-state index contributed by atoms with van der Waals surface area (Å²) in [4.78, 5) is 14.6. The molecule has 0 heterocycles. The van der Waals surface area contributed by atoms with Crippen LogP contribution in [-0.2, 0) is 9.53 Å². The summed E-state index contributed by atoms with van der Waals surface area (Å²) in [5.74, 6) is 0.570. The molecule has 0 bridgehead atoms. The van der Waals surface area contributed by atoms with E-state index in [9.17, 15) is 4.79 Å². The molecule has 1 saturated carbocycles. The molecule has 0 aromatic heterocycles. The van der Waals surface area contributed by atoms with Gasteiger partial charge in [0.1, 0.15) is 5.54 Å². The van der Waals surface area contributed by atoms with E-state index in [1.807, 2.05) is 20.9 Å². The lowest BCUT2D eigenvalue weighted by atomic mass is 9.96. The lowest BCUT2D eigenvalue weighted by Crippen LogP contribution is -2.49. The summed E-state index contributed by atoms with van der Waals surface area (Å²) in [6.07, 6.45) is 4.53. The number of likely N-dealkylation sites (N-methyl/N-ethyl adjacent to an activating group) is 1. The molecule has 4 heteroatoms. The Hall–Kier alpha value is -0.610. The molecule has 0 radical (unpaired) electrons. The van der Waals surface area contributed by atoms with E-state index in [-0.39, 0.29) is 5.97 Å². The van der Waals surface area contributed by atoms with Crippen molar-refractivity contribution in [2.24, 2.45) is 5.92 Å². The summed E-state index contributed by atoms with van der Waals surface area (Å²) < 4.78 is 5.16. The van der Waals surface area contributed by atoms with E-state index in [4.69, 9.17) is 4.74 Å². The Bertz CT molecular complexity index is 303. The number of carbonyl (C=O) groups excluding carboxylic acids is 1. The molecule has 20 heavy (non-hydrogen) atoms. The molecule has 1 fully saturated rings. The molecule has 1 rings (SSSR count). The van der Waals surface area contributed by atoms with Crippen molar-refractivity contribution in [2.75, 3.05) is 26.7 Å². The van der Waals surface area contributed by atoms with Crippen LogP contribution < -0.4 is 5.32 Å². The van der Waals surface area contributed by atoms with Gasteiger partial charge in [0.2, 0.25) is 0 Å². The quantitative estimate of drug-likeness (QED) is 0.626. The second-order valence-electron chi connectivity index (χ2n) is 6.53. The first kappa shape index (κ1) is 17.4. The van der Waals surface area contributed by atoms with Crippen molar-refractivity contribution in [3.05, 3.63) is 0 Å². The summed E-state index contributed by atoms with van der Waals surface area (Å²) in [6.45, 7) is 11.0. The van der Waals surface area contributed by atoms with E-state index in [0.717, 1.165) is 25.4 Å². The van der Waals surface area contributed by atoms with Gasteiger partial charge in [-0.15, -0.1) is 0 Å². The van der Waals surface area contributed by atoms with E-state index in [0.29, 0.717) is 12.5 Å². The largest absolute Gasteiger partial charge is 0.465 e. The zero-order chi connectivity index (χ0) is 15.2. The Labute approximate surface area is 124 Å². The highest BCUT2D eigenvalue weighted by Crippen LogP contribution is 2.28. The standard InChI is InChI=1S/C16H32N2O2/c1-6-20-15(19)16(4,17-5)10-7-11-18(12-13(2)3)14-8-9-14/h13-14,17H,6-12H2,1-5H3. The minimum atomic E-state index is -0.553. The highest BCUT2D eigenvalue weighted by Gasteiger charge is 2.34. The third-order valence-corrected chi connectivity index (χ3v) is 4.06. The van der Waals surface area contributed by atoms with E-state index in [1.165, 1.54) is 19.4 Å². The molecule has 0 spiro atoms. The van der Waals surface area contributed by atoms with Crippen LogP contribution in [-0.4, -0.2) is 49.2 Å². The van der Waals surface area contributed by atoms with Crippen molar-refractivity contribution < 1.29 is 9.53 Å². The maximum Gasteiger partial charge on any atom is 0.326 e. The minimum Gasteiger partial charge on any atom is -0.465 e. The first-order valence-electron chi connectivity index (χ1n) is 8.03. The third kappa shape index (κ3) is 5.41. The molecule has 1 aliphatic carbocycles. The van der Waals surface area contributed by atoms with Gasteiger partial charge >= 0.3 is 5.97 Å². The maximum absolute atomic E-state index is 12.0. The van der Waals surface area contributed by atoms with Crippen LogP contribution in [0, 0.1) is 5.92 Å². The molecule has 1 aliphatic rings. The topological polar surface area (TPSA) is 41.6 Å². The third-order valence-electron chi connectivity index (χ3n) is 4.06. The highest BCUT2D eigenvalue weighted by atomic mass is 16.5. The van der Waals surface area contributed by atoms with Gasteiger partial charge in [0.25, 0.3) is 0 Å². The van der Waals surface area contributed by atoms with E-state index < -0.39 is 5.54 Å². The second-order valence-corrected chi connectivity index (χ2v) is 6.53. The molecular formula is C16H32N2O2. The van der Waals surface area contributed by atoms with Gasteiger partial charge in [-0.05, 0) is 59.0 Å². The number of nitrogens with one attached hydrogen (secondary N) is 1. The van der Waals surface area contributed by atoms with Crippen molar-refractivity contribution in [1.29, 1.82) is 0 Å². The minimum absolute atomic E-state index is 0.135. The van der Waals surface area contributed by atoms with Crippen molar-refractivity contribution in [3.63, 3.8) is 0 Å². The average molecular weight is 284 g/mol. The average Bonchev–Trinajstić information content (AvgIpc) is 3.21. The van der Waals surface area contributed by atoms with Gasteiger partial charge in [-0.3, -0.25) is 4.79 Å². The number of hydrogen-bond donors (Lipinski definition) is 1. The Morgan fingerprint density at radius 2 is 2.10 bits per heavy atom. The van der Waals surface area contributed by atoms with E-state index in [2.05, 4.69) is 24.1 Å². The van der Waals surface area contributed by atoms with Gasteiger partial charge in [-0.2, -0.15) is 0 Å². The Kier molecular flexibility index (Phi) is 6.96. The summed E-state index contributed by atoms with van der Waals surface area (Å²) >= 11 is 0. The van der Waals surface area contributed by atoms with E-state index in [1.54, 1.807) is 0 Å². The fraction of sp³-hybridized carbons (Fsp3) is 0.938. The van der Waals surface area contributed by atoms with Crippen molar-refractivity contribution >= 4 is 5.97 Å². The molecule has 0 aromatic rings. The van der Waals surface area contributed by atoms with Gasteiger partial charge in [0, 0.05) is 12.6 Å². The van der Waals surface area contributed by atoms with Crippen molar-refractivity contribution in [3.8, 4) is 0 Å². The van der Waals surface area contributed by atoms with Crippen LogP contribution in [0.2, 0.25) is 0 Å². The maximum atomic E-state index is 12.0. The molecule has 0 aromatic carbocycles. The second kappa shape index (κ2) is 7.99. The molecule has 1 unspecified atom stereocenters. The number of carbonyl (C=O) groups is 1. The highest BCUT2D eigenvalue weighted by molar-refractivity contribution is 5.80. The van der Waals surface area contributed by atoms with Crippen LogP contribution in [0.1, 0.15) is 53.4 Å². The van der Waals surface area contributed by atoms with Gasteiger partial charge in [-0.25, -0.2) is 0 Å². The first-order valence-corrected chi connectivity index (χ1v) is 8.03. The molecule has 0 aliphatic heterocycles. The number of nitrogens with zero attached hydrogens (tertiary/aromatic N) is 1. The van der Waals surface area contributed by atoms with Gasteiger partial charge in [-0.1, -0.05) is 13.8 Å². The lowest BCUT2D eigenvalue weighted by Gasteiger charge is -2.29. The zero-order valence-electron chi connectivity index (χ0n) is 13.9. The summed E-state index contributed by atoms with van der Waals surface area (Å²) in [5, 5.41) is 3.13. The molecule has 1 atom stereocenters. The Balaban J connectivity index is 2.40.